The second-order valence-corrected chi connectivity index (χ2v) is 7.25. The summed E-state index contributed by atoms with van der Waals surface area (Å²) in [6.45, 7) is 0. The number of aromatic amines is 1. The molecule has 0 spiro atoms. The third-order valence-corrected chi connectivity index (χ3v) is 5.29. The Morgan fingerprint density at radius 2 is 1.31 bits per heavy atom. The van der Waals surface area contributed by atoms with E-state index in [-0.39, 0.29) is 11.8 Å². The van der Waals surface area contributed by atoms with Gasteiger partial charge in [0.25, 0.3) is 5.91 Å². The molecule has 0 unspecified atom stereocenters. The van der Waals surface area contributed by atoms with Crippen LogP contribution in [0.2, 0.25) is 5.02 Å². The summed E-state index contributed by atoms with van der Waals surface area (Å²) in [4.78, 5) is 19.8. The van der Waals surface area contributed by atoms with E-state index in [1.807, 2.05) is 54.6 Å². The van der Waals surface area contributed by atoms with Crippen molar-refractivity contribution < 1.29 is 9.90 Å². The van der Waals surface area contributed by atoms with Crippen LogP contribution in [0.3, 0.4) is 0 Å². The molecule has 0 radical (unpaired) electrons. The van der Waals surface area contributed by atoms with Crippen molar-refractivity contribution in [3.63, 3.8) is 0 Å². The minimum absolute atomic E-state index is 0.0679. The number of amides is 1. The zero-order chi connectivity index (χ0) is 20.0. The fourth-order valence-corrected chi connectivity index (χ4v) is 3.76. The van der Waals surface area contributed by atoms with Gasteiger partial charge >= 0.3 is 0 Å². The SMILES string of the molecule is O=C1N=C(c2ccc(Cl)cc2)c2c(O)[nH]c(-c3ccc(-c4ccccc4)cc3)c21. The van der Waals surface area contributed by atoms with Gasteiger partial charge in [-0.25, -0.2) is 4.99 Å². The molecule has 1 aliphatic heterocycles. The average molecular weight is 399 g/mol. The van der Waals surface area contributed by atoms with E-state index in [4.69, 9.17) is 11.6 Å². The van der Waals surface area contributed by atoms with Crippen LogP contribution in [0.25, 0.3) is 22.4 Å². The van der Waals surface area contributed by atoms with Crippen LogP contribution in [0, 0.1) is 0 Å². The number of rotatable bonds is 3. The maximum Gasteiger partial charge on any atom is 0.280 e. The number of aliphatic imine (C=N–C) groups is 1. The Hall–Kier alpha value is -3.63. The van der Waals surface area contributed by atoms with Gasteiger partial charge in [-0.1, -0.05) is 78.3 Å². The maximum atomic E-state index is 12.7. The third-order valence-electron chi connectivity index (χ3n) is 5.04. The number of aromatic nitrogens is 1. The Kier molecular flexibility index (Phi) is 4.07. The number of aromatic hydroxyl groups is 1. The van der Waals surface area contributed by atoms with Crippen LogP contribution in [0.15, 0.2) is 83.9 Å². The maximum absolute atomic E-state index is 12.7. The minimum Gasteiger partial charge on any atom is -0.494 e. The van der Waals surface area contributed by atoms with Gasteiger partial charge in [0.1, 0.15) is 0 Å². The second kappa shape index (κ2) is 6.76. The van der Waals surface area contributed by atoms with E-state index in [0.29, 0.717) is 27.6 Å². The molecule has 0 bridgehead atoms. The van der Waals surface area contributed by atoms with Crippen molar-refractivity contribution in [2.24, 2.45) is 4.99 Å². The van der Waals surface area contributed by atoms with Gasteiger partial charge in [-0.05, 0) is 28.8 Å². The molecule has 1 aliphatic rings. The summed E-state index contributed by atoms with van der Waals surface area (Å²) in [6, 6.07) is 24.9. The lowest BCUT2D eigenvalue weighted by Gasteiger charge is -2.04. The molecule has 0 saturated carbocycles. The molecule has 4 nitrogen and oxygen atoms in total. The predicted octanol–water partition coefficient (Wildman–Crippen LogP) is 5.70. The van der Waals surface area contributed by atoms with Crippen LogP contribution in [-0.2, 0) is 0 Å². The largest absolute Gasteiger partial charge is 0.494 e. The Morgan fingerprint density at radius 3 is 2.00 bits per heavy atom. The number of nitrogens with one attached hydrogen (secondary N) is 1. The first-order valence-electron chi connectivity index (χ1n) is 9.12. The number of H-pyrrole nitrogens is 1. The number of carbonyl (C=O) groups is 1. The Bertz CT molecular complexity index is 1250. The number of hydrogen-bond acceptors (Lipinski definition) is 2. The zero-order valence-electron chi connectivity index (χ0n) is 15.2. The van der Waals surface area contributed by atoms with Gasteiger partial charge in [-0.15, -0.1) is 0 Å². The van der Waals surface area contributed by atoms with Crippen molar-refractivity contribution in [2.75, 3.05) is 0 Å². The zero-order valence-corrected chi connectivity index (χ0v) is 15.9. The quantitative estimate of drug-likeness (QED) is 0.465. The van der Waals surface area contributed by atoms with Gasteiger partial charge in [0.15, 0.2) is 5.88 Å². The Morgan fingerprint density at radius 1 is 0.724 bits per heavy atom. The number of nitrogens with zero attached hydrogens (tertiary/aromatic N) is 1. The van der Waals surface area contributed by atoms with Crippen molar-refractivity contribution >= 4 is 23.2 Å². The topological polar surface area (TPSA) is 65.4 Å². The van der Waals surface area contributed by atoms with Crippen molar-refractivity contribution in [3.8, 4) is 28.3 Å². The lowest BCUT2D eigenvalue weighted by molar-refractivity contribution is 0.101. The Balaban J connectivity index is 1.56. The molecule has 3 aromatic carbocycles. The minimum atomic E-state index is -0.372. The molecule has 0 aliphatic carbocycles. The Labute approximate surface area is 172 Å². The fourth-order valence-electron chi connectivity index (χ4n) is 3.64. The summed E-state index contributed by atoms with van der Waals surface area (Å²) < 4.78 is 0. The van der Waals surface area contributed by atoms with E-state index in [1.165, 1.54) is 0 Å². The van der Waals surface area contributed by atoms with Crippen molar-refractivity contribution in [3.05, 3.63) is 101 Å². The van der Waals surface area contributed by atoms with Gasteiger partial charge < -0.3 is 10.1 Å². The van der Waals surface area contributed by atoms with E-state index >= 15 is 0 Å². The van der Waals surface area contributed by atoms with Crippen LogP contribution in [0.4, 0.5) is 0 Å². The van der Waals surface area contributed by atoms with E-state index < -0.39 is 0 Å². The van der Waals surface area contributed by atoms with Crippen LogP contribution in [0.1, 0.15) is 21.5 Å². The molecule has 5 rings (SSSR count). The molecule has 2 N–H and O–H groups in total. The molecule has 0 atom stereocenters. The van der Waals surface area contributed by atoms with Gasteiger partial charge in [0, 0.05) is 10.6 Å². The normalized spacial score (nSPS) is 12.7. The molecule has 4 aromatic rings. The highest BCUT2D eigenvalue weighted by molar-refractivity contribution is 6.32. The van der Waals surface area contributed by atoms with Gasteiger partial charge in [0.2, 0.25) is 0 Å². The van der Waals surface area contributed by atoms with Crippen LogP contribution in [-0.4, -0.2) is 21.7 Å². The molecule has 2 heterocycles. The molecule has 1 aromatic heterocycles. The van der Waals surface area contributed by atoms with Crippen molar-refractivity contribution in [2.45, 2.75) is 0 Å². The van der Waals surface area contributed by atoms with Crippen LogP contribution >= 0.6 is 11.6 Å². The summed E-state index contributed by atoms with van der Waals surface area (Å²) >= 11 is 5.96. The van der Waals surface area contributed by atoms with Gasteiger partial charge in [-0.3, -0.25) is 4.79 Å². The molecule has 1 amide bonds. The summed E-state index contributed by atoms with van der Waals surface area (Å²) in [5.41, 5.74) is 5.55. The highest BCUT2D eigenvalue weighted by atomic mass is 35.5. The van der Waals surface area contributed by atoms with Gasteiger partial charge in [-0.2, -0.15) is 0 Å². The molecule has 5 heteroatoms. The third kappa shape index (κ3) is 2.94. The summed E-state index contributed by atoms with van der Waals surface area (Å²) in [5, 5.41) is 11.1. The fraction of sp³-hybridized carbons (Fsp3) is 0. The predicted molar refractivity (Wildman–Crippen MR) is 115 cm³/mol. The number of halogens is 1. The number of carbonyl (C=O) groups excluding carboxylic acids is 1. The second-order valence-electron chi connectivity index (χ2n) is 6.81. The summed E-state index contributed by atoms with van der Waals surface area (Å²) in [5.74, 6) is -0.440. The summed E-state index contributed by atoms with van der Waals surface area (Å²) in [6.07, 6.45) is 0. The average Bonchev–Trinajstić information content (AvgIpc) is 3.28. The van der Waals surface area contributed by atoms with Crippen molar-refractivity contribution in [1.82, 2.24) is 4.98 Å². The number of fused-ring (bicyclic) bond motifs is 1. The molecule has 0 saturated heterocycles. The number of hydrogen-bond donors (Lipinski definition) is 2. The van der Waals surface area contributed by atoms with Crippen molar-refractivity contribution in [1.29, 1.82) is 0 Å². The van der Waals surface area contributed by atoms with E-state index in [0.717, 1.165) is 22.3 Å². The summed E-state index contributed by atoms with van der Waals surface area (Å²) in [7, 11) is 0. The molecular weight excluding hydrogens is 384 g/mol. The lowest BCUT2D eigenvalue weighted by atomic mass is 9.98. The molecule has 140 valence electrons. The smallest absolute Gasteiger partial charge is 0.280 e. The first-order chi connectivity index (χ1) is 14.1. The standard InChI is InChI=1S/C24H15ClN2O2/c25-18-12-10-17(11-13-18)22-20-19(23(28)27-22)21(26-24(20)29)16-8-6-15(7-9-16)14-4-2-1-3-5-14/h1-13,26,29H. The van der Waals surface area contributed by atoms with Crippen LogP contribution in [0.5, 0.6) is 5.88 Å². The van der Waals surface area contributed by atoms with Crippen LogP contribution < -0.4 is 0 Å². The number of benzene rings is 3. The monoisotopic (exact) mass is 398 g/mol. The first kappa shape index (κ1) is 17.5. The molecule has 29 heavy (non-hydrogen) atoms. The molecule has 0 fully saturated rings. The molecular formula is C24H15ClN2O2. The van der Waals surface area contributed by atoms with E-state index in [1.54, 1.807) is 24.3 Å². The van der Waals surface area contributed by atoms with Gasteiger partial charge in [0.05, 0.1) is 22.5 Å². The highest BCUT2D eigenvalue weighted by Gasteiger charge is 2.33. The highest BCUT2D eigenvalue weighted by Crippen LogP contribution is 2.38. The van der Waals surface area contributed by atoms with E-state index in [2.05, 4.69) is 9.98 Å². The first-order valence-corrected chi connectivity index (χ1v) is 9.50. The lowest BCUT2D eigenvalue weighted by Crippen LogP contribution is -1.99. The van der Waals surface area contributed by atoms with E-state index in [9.17, 15) is 9.90 Å².